The lowest BCUT2D eigenvalue weighted by Gasteiger charge is -2.12. The van der Waals surface area contributed by atoms with Crippen LogP contribution in [0.5, 0.6) is 0 Å². The molecule has 0 bridgehead atoms. The van der Waals surface area contributed by atoms with Gasteiger partial charge in [-0.3, -0.25) is 14.3 Å². The van der Waals surface area contributed by atoms with E-state index in [-0.39, 0.29) is 26.3 Å². The molecule has 3 aromatic carbocycles. The lowest BCUT2D eigenvalue weighted by Crippen LogP contribution is -2.31. The number of hydrogen-bond acceptors (Lipinski definition) is 6. The molecule has 4 aromatic rings. The van der Waals surface area contributed by atoms with Crippen molar-refractivity contribution < 1.29 is 18.0 Å². The standard InChI is InChI=1S/C25H18BrClN4O4S2/c26-17-7-5-16(6-8-17)15-22(30-23(32)20-3-1-2-4-21(20)27)24(33)29-18-9-11-19(12-10-18)37(34,35)31-25-28-13-14-36-25/h1-15H,(H,28,31)(H,29,33)(H,30,32). The summed E-state index contributed by atoms with van der Waals surface area (Å²) < 4.78 is 28.3. The van der Waals surface area contributed by atoms with Gasteiger partial charge in [0, 0.05) is 21.7 Å². The number of hydrogen-bond donors (Lipinski definition) is 3. The van der Waals surface area contributed by atoms with Crippen molar-refractivity contribution in [2.24, 2.45) is 0 Å². The highest BCUT2D eigenvalue weighted by atomic mass is 79.9. The summed E-state index contributed by atoms with van der Waals surface area (Å²) in [7, 11) is -3.84. The van der Waals surface area contributed by atoms with E-state index in [0.717, 1.165) is 15.8 Å². The first-order valence-electron chi connectivity index (χ1n) is 10.6. The predicted octanol–water partition coefficient (Wildman–Crippen LogP) is 5.77. The second-order valence-electron chi connectivity index (χ2n) is 7.46. The molecular weight excluding hydrogens is 600 g/mol. The Morgan fingerprint density at radius 3 is 2.32 bits per heavy atom. The Bertz CT molecular complexity index is 1560. The number of amides is 2. The van der Waals surface area contributed by atoms with Gasteiger partial charge in [0.25, 0.3) is 21.8 Å². The molecule has 0 aliphatic heterocycles. The first-order valence-corrected chi connectivity index (χ1v) is 14.1. The van der Waals surface area contributed by atoms with Crippen LogP contribution in [0.4, 0.5) is 10.8 Å². The van der Waals surface area contributed by atoms with Crippen molar-refractivity contribution in [2.75, 3.05) is 10.0 Å². The SMILES string of the molecule is O=C(Nc1ccc(S(=O)(=O)Nc2nccs2)cc1)C(=Cc1ccc(Br)cc1)NC(=O)c1ccccc1Cl. The highest BCUT2D eigenvalue weighted by molar-refractivity contribution is 9.10. The largest absolute Gasteiger partial charge is 0.321 e. The van der Waals surface area contributed by atoms with Gasteiger partial charge in [0.1, 0.15) is 5.70 Å². The van der Waals surface area contributed by atoms with Gasteiger partial charge < -0.3 is 10.6 Å². The third-order valence-corrected chi connectivity index (χ3v) is 7.90. The summed E-state index contributed by atoms with van der Waals surface area (Å²) in [6, 6.07) is 19.2. The highest BCUT2D eigenvalue weighted by Gasteiger charge is 2.18. The van der Waals surface area contributed by atoms with E-state index in [9.17, 15) is 18.0 Å². The Labute approximate surface area is 230 Å². The molecule has 0 spiro atoms. The Morgan fingerprint density at radius 2 is 1.68 bits per heavy atom. The third kappa shape index (κ3) is 7.04. The fourth-order valence-electron chi connectivity index (χ4n) is 3.08. The molecule has 4 rings (SSSR count). The Kier molecular flexibility index (Phi) is 8.39. The zero-order valence-electron chi connectivity index (χ0n) is 18.8. The minimum atomic E-state index is -3.84. The topological polar surface area (TPSA) is 117 Å². The van der Waals surface area contributed by atoms with Crippen LogP contribution in [0.25, 0.3) is 6.08 Å². The van der Waals surface area contributed by atoms with Crippen molar-refractivity contribution in [3.05, 3.63) is 111 Å². The number of rotatable bonds is 8. The summed E-state index contributed by atoms with van der Waals surface area (Å²) in [5.41, 5.74) is 1.17. The molecule has 0 unspecified atom stereocenters. The first-order chi connectivity index (χ1) is 17.7. The van der Waals surface area contributed by atoms with Crippen molar-refractivity contribution in [3.8, 4) is 0 Å². The average molecular weight is 618 g/mol. The number of anilines is 2. The molecule has 0 saturated heterocycles. The van der Waals surface area contributed by atoms with Gasteiger partial charge in [-0.2, -0.15) is 0 Å². The number of benzene rings is 3. The quantitative estimate of drug-likeness (QED) is 0.217. The minimum absolute atomic E-state index is 0.00153. The summed E-state index contributed by atoms with van der Waals surface area (Å²) in [5, 5.41) is 7.44. The second kappa shape index (κ2) is 11.7. The number of thiazole rings is 1. The molecule has 0 saturated carbocycles. The van der Waals surface area contributed by atoms with Gasteiger partial charge in [0.15, 0.2) is 5.13 Å². The van der Waals surface area contributed by atoms with E-state index in [4.69, 9.17) is 11.6 Å². The molecule has 0 radical (unpaired) electrons. The van der Waals surface area contributed by atoms with Gasteiger partial charge in [-0.25, -0.2) is 13.4 Å². The van der Waals surface area contributed by atoms with E-state index in [1.54, 1.807) is 53.9 Å². The van der Waals surface area contributed by atoms with E-state index < -0.39 is 21.8 Å². The lowest BCUT2D eigenvalue weighted by molar-refractivity contribution is -0.113. The van der Waals surface area contributed by atoms with Crippen molar-refractivity contribution in [1.82, 2.24) is 10.3 Å². The maximum absolute atomic E-state index is 13.2. The number of aromatic nitrogens is 1. The average Bonchev–Trinajstić information content (AvgIpc) is 3.38. The van der Waals surface area contributed by atoms with Crippen molar-refractivity contribution in [1.29, 1.82) is 0 Å². The summed E-state index contributed by atoms with van der Waals surface area (Å²) >= 11 is 10.7. The van der Waals surface area contributed by atoms with E-state index in [0.29, 0.717) is 11.3 Å². The van der Waals surface area contributed by atoms with Gasteiger partial charge >= 0.3 is 0 Å². The molecule has 1 aromatic heterocycles. The van der Waals surface area contributed by atoms with E-state index in [1.165, 1.54) is 36.5 Å². The van der Waals surface area contributed by atoms with Gasteiger partial charge in [-0.1, -0.05) is 51.8 Å². The number of nitrogens with zero attached hydrogens (tertiary/aromatic N) is 1. The number of nitrogens with one attached hydrogen (secondary N) is 3. The van der Waals surface area contributed by atoms with Gasteiger partial charge in [-0.05, 0) is 60.2 Å². The summed E-state index contributed by atoms with van der Waals surface area (Å²) in [6.07, 6.45) is 3.01. The van der Waals surface area contributed by atoms with Crippen LogP contribution in [0, 0.1) is 0 Å². The van der Waals surface area contributed by atoms with Crippen molar-refractivity contribution in [3.63, 3.8) is 0 Å². The Morgan fingerprint density at radius 1 is 0.973 bits per heavy atom. The van der Waals surface area contributed by atoms with Gasteiger partial charge in [-0.15, -0.1) is 11.3 Å². The molecule has 8 nitrogen and oxygen atoms in total. The van der Waals surface area contributed by atoms with Crippen LogP contribution in [0.2, 0.25) is 5.02 Å². The van der Waals surface area contributed by atoms with Crippen LogP contribution >= 0.6 is 38.9 Å². The molecule has 3 N–H and O–H groups in total. The van der Waals surface area contributed by atoms with E-state index in [2.05, 4.69) is 36.3 Å². The second-order valence-corrected chi connectivity index (χ2v) is 11.4. The van der Waals surface area contributed by atoms with E-state index >= 15 is 0 Å². The fourth-order valence-corrected chi connectivity index (χ4v) is 5.36. The van der Waals surface area contributed by atoms with Crippen LogP contribution in [0.15, 0.2) is 99.4 Å². The molecule has 0 fully saturated rings. The molecule has 37 heavy (non-hydrogen) atoms. The monoisotopic (exact) mass is 616 g/mol. The molecule has 12 heteroatoms. The Hall–Kier alpha value is -3.51. The molecule has 0 atom stereocenters. The van der Waals surface area contributed by atoms with Crippen LogP contribution in [-0.4, -0.2) is 25.2 Å². The van der Waals surface area contributed by atoms with Crippen molar-refractivity contribution in [2.45, 2.75) is 4.90 Å². The molecule has 0 aliphatic rings. The zero-order valence-corrected chi connectivity index (χ0v) is 22.8. The van der Waals surface area contributed by atoms with Crippen LogP contribution in [-0.2, 0) is 14.8 Å². The zero-order chi connectivity index (χ0) is 26.4. The molecule has 1 heterocycles. The summed E-state index contributed by atoms with van der Waals surface area (Å²) in [4.78, 5) is 29.9. The normalized spacial score (nSPS) is 11.6. The summed E-state index contributed by atoms with van der Waals surface area (Å²) in [6.45, 7) is 0. The number of carbonyl (C=O) groups is 2. The highest BCUT2D eigenvalue weighted by Crippen LogP contribution is 2.21. The van der Waals surface area contributed by atoms with Crippen LogP contribution < -0.4 is 15.4 Å². The molecular formula is C25H18BrClN4O4S2. The van der Waals surface area contributed by atoms with Crippen molar-refractivity contribution >= 4 is 77.6 Å². The molecule has 0 aliphatic carbocycles. The van der Waals surface area contributed by atoms with Gasteiger partial charge in [0.05, 0.1) is 15.5 Å². The molecule has 2 amide bonds. The first kappa shape index (κ1) is 26.6. The Balaban J connectivity index is 1.55. The minimum Gasteiger partial charge on any atom is -0.321 e. The maximum atomic E-state index is 13.2. The summed E-state index contributed by atoms with van der Waals surface area (Å²) in [5.74, 6) is -1.17. The fraction of sp³-hybridized carbons (Fsp3) is 0. The maximum Gasteiger partial charge on any atom is 0.272 e. The smallest absolute Gasteiger partial charge is 0.272 e. The predicted molar refractivity (Wildman–Crippen MR) is 149 cm³/mol. The lowest BCUT2D eigenvalue weighted by atomic mass is 10.1. The van der Waals surface area contributed by atoms with Crippen LogP contribution in [0.1, 0.15) is 15.9 Å². The number of carbonyl (C=O) groups excluding carboxylic acids is 2. The molecule has 188 valence electrons. The van der Waals surface area contributed by atoms with Crippen LogP contribution in [0.3, 0.4) is 0 Å². The number of halogens is 2. The number of sulfonamides is 1. The third-order valence-electron chi connectivity index (χ3n) is 4.87. The van der Waals surface area contributed by atoms with Gasteiger partial charge in [0.2, 0.25) is 0 Å². The van der Waals surface area contributed by atoms with E-state index in [1.807, 2.05) is 0 Å².